The maximum atomic E-state index is 12.6. The Hall–Kier alpha value is -2.38. The molecule has 0 unspecified atom stereocenters. The molecule has 2 saturated heterocycles. The predicted molar refractivity (Wildman–Crippen MR) is 105 cm³/mol. The predicted octanol–water partition coefficient (Wildman–Crippen LogP) is 1.93. The number of nitrogens with zero attached hydrogens (tertiary/aromatic N) is 5. The Morgan fingerprint density at radius 3 is 2.33 bits per heavy atom. The van der Waals surface area contributed by atoms with Gasteiger partial charge in [0.2, 0.25) is 5.95 Å². The van der Waals surface area contributed by atoms with Crippen molar-refractivity contribution >= 4 is 29.3 Å². The van der Waals surface area contributed by atoms with Crippen molar-refractivity contribution in [2.45, 2.75) is 0 Å². The number of carbonyl (C=O) groups excluding carboxylic acids is 1. The summed E-state index contributed by atoms with van der Waals surface area (Å²) in [5.41, 5.74) is 0.671. The first-order valence-corrected chi connectivity index (χ1v) is 9.54. The van der Waals surface area contributed by atoms with E-state index in [4.69, 9.17) is 21.3 Å². The van der Waals surface area contributed by atoms with E-state index in [0.29, 0.717) is 36.9 Å². The van der Waals surface area contributed by atoms with E-state index in [1.54, 1.807) is 30.5 Å². The maximum Gasteiger partial charge on any atom is 0.253 e. The molecule has 0 radical (unpaired) electrons. The third-order valence-corrected chi connectivity index (χ3v) is 5.16. The molecule has 1 aromatic heterocycles. The Morgan fingerprint density at radius 1 is 0.926 bits per heavy atom. The smallest absolute Gasteiger partial charge is 0.253 e. The van der Waals surface area contributed by atoms with Gasteiger partial charge in [0.1, 0.15) is 5.82 Å². The average molecular weight is 388 g/mol. The number of piperazine rings is 1. The molecular weight excluding hydrogens is 366 g/mol. The van der Waals surface area contributed by atoms with Crippen LogP contribution in [0.25, 0.3) is 0 Å². The first-order chi connectivity index (χ1) is 13.2. The number of halogens is 1. The molecule has 7 nitrogen and oxygen atoms in total. The van der Waals surface area contributed by atoms with Gasteiger partial charge in [-0.15, -0.1) is 0 Å². The van der Waals surface area contributed by atoms with Gasteiger partial charge >= 0.3 is 0 Å². The quantitative estimate of drug-likeness (QED) is 0.802. The first-order valence-electron chi connectivity index (χ1n) is 9.16. The Morgan fingerprint density at radius 2 is 1.63 bits per heavy atom. The highest BCUT2D eigenvalue weighted by molar-refractivity contribution is 6.30. The van der Waals surface area contributed by atoms with Crippen LogP contribution in [0.1, 0.15) is 10.4 Å². The van der Waals surface area contributed by atoms with E-state index in [-0.39, 0.29) is 5.91 Å². The monoisotopic (exact) mass is 387 g/mol. The molecule has 27 heavy (non-hydrogen) atoms. The highest BCUT2D eigenvalue weighted by atomic mass is 35.5. The van der Waals surface area contributed by atoms with Crippen LogP contribution in [-0.4, -0.2) is 73.3 Å². The van der Waals surface area contributed by atoms with Crippen molar-refractivity contribution in [1.82, 2.24) is 14.9 Å². The number of amides is 1. The van der Waals surface area contributed by atoms with Crippen LogP contribution in [0.3, 0.4) is 0 Å². The molecule has 1 amide bonds. The second-order valence-electron chi connectivity index (χ2n) is 6.60. The van der Waals surface area contributed by atoms with Crippen molar-refractivity contribution in [3.05, 3.63) is 47.1 Å². The van der Waals surface area contributed by atoms with E-state index in [1.807, 2.05) is 11.0 Å². The van der Waals surface area contributed by atoms with E-state index in [1.165, 1.54) is 0 Å². The zero-order chi connectivity index (χ0) is 18.6. The molecular formula is C19H22ClN5O2. The zero-order valence-corrected chi connectivity index (χ0v) is 15.8. The number of benzene rings is 1. The topological polar surface area (TPSA) is 61.8 Å². The standard InChI is InChI=1S/C19H22ClN5O2/c20-16-3-1-15(2-4-16)18(26)24-9-7-23(8-10-24)17-5-6-21-19(22-17)25-11-13-27-14-12-25/h1-6H,7-14H2. The first kappa shape index (κ1) is 18.0. The van der Waals surface area contributed by atoms with Crippen molar-refractivity contribution in [2.75, 3.05) is 62.3 Å². The third-order valence-electron chi connectivity index (χ3n) is 4.90. The number of ether oxygens (including phenoxy) is 1. The average Bonchev–Trinajstić information content (AvgIpc) is 2.75. The van der Waals surface area contributed by atoms with Crippen LogP contribution < -0.4 is 9.80 Å². The molecule has 3 heterocycles. The van der Waals surface area contributed by atoms with Gasteiger partial charge in [0.25, 0.3) is 5.91 Å². The molecule has 0 atom stereocenters. The van der Waals surface area contributed by atoms with Crippen LogP contribution >= 0.6 is 11.6 Å². The molecule has 142 valence electrons. The van der Waals surface area contributed by atoms with Crippen molar-refractivity contribution in [1.29, 1.82) is 0 Å². The van der Waals surface area contributed by atoms with Gasteiger partial charge in [-0.25, -0.2) is 4.98 Å². The Kier molecular flexibility index (Phi) is 5.40. The molecule has 1 aromatic carbocycles. The van der Waals surface area contributed by atoms with Gasteiger partial charge in [-0.2, -0.15) is 4.98 Å². The van der Waals surface area contributed by atoms with Crippen molar-refractivity contribution < 1.29 is 9.53 Å². The molecule has 4 rings (SSSR count). The number of carbonyl (C=O) groups is 1. The summed E-state index contributed by atoms with van der Waals surface area (Å²) in [6.45, 7) is 5.87. The fraction of sp³-hybridized carbons (Fsp3) is 0.421. The van der Waals surface area contributed by atoms with E-state index in [2.05, 4.69) is 14.8 Å². The minimum atomic E-state index is 0.0445. The minimum absolute atomic E-state index is 0.0445. The van der Waals surface area contributed by atoms with Gasteiger partial charge in [-0.1, -0.05) is 11.6 Å². The maximum absolute atomic E-state index is 12.6. The highest BCUT2D eigenvalue weighted by Gasteiger charge is 2.23. The second-order valence-corrected chi connectivity index (χ2v) is 7.04. The number of hydrogen-bond donors (Lipinski definition) is 0. The van der Waals surface area contributed by atoms with Gasteiger partial charge in [-0.3, -0.25) is 4.79 Å². The second kappa shape index (κ2) is 8.10. The number of hydrogen-bond acceptors (Lipinski definition) is 6. The Balaban J connectivity index is 1.39. The summed E-state index contributed by atoms with van der Waals surface area (Å²) in [4.78, 5) is 28.0. The Bertz CT molecular complexity index is 787. The fourth-order valence-electron chi connectivity index (χ4n) is 3.34. The van der Waals surface area contributed by atoms with E-state index in [0.717, 1.165) is 37.9 Å². The van der Waals surface area contributed by atoms with E-state index >= 15 is 0 Å². The molecule has 2 aliphatic heterocycles. The van der Waals surface area contributed by atoms with Crippen molar-refractivity contribution in [3.63, 3.8) is 0 Å². The van der Waals surface area contributed by atoms with Gasteiger partial charge < -0.3 is 19.4 Å². The largest absolute Gasteiger partial charge is 0.378 e. The highest BCUT2D eigenvalue weighted by Crippen LogP contribution is 2.19. The lowest BCUT2D eigenvalue weighted by Gasteiger charge is -2.36. The summed E-state index contributed by atoms with van der Waals surface area (Å²) in [5, 5.41) is 0.635. The van der Waals surface area contributed by atoms with Crippen molar-refractivity contribution in [2.24, 2.45) is 0 Å². The number of rotatable bonds is 3. The molecule has 0 saturated carbocycles. The summed E-state index contributed by atoms with van der Waals surface area (Å²) in [7, 11) is 0. The van der Waals surface area contributed by atoms with Crippen LogP contribution in [0.15, 0.2) is 36.5 Å². The van der Waals surface area contributed by atoms with Gasteiger partial charge in [0, 0.05) is 56.1 Å². The number of aromatic nitrogens is 2. The van der Waals surface area contributed by atoms with Crippen LogP contribution in [-0.2, 0) is 4.74 Å². The van der Waals surface area contributed by atoms with Crippen LogP contribution in [0, 0.1) is 0 Å². The van der Waals surface area contributed by atoms with Gasteiger partial charge in [0.05, 0.1) is 13.2 Å². The Labute approximate surface area is 163 Å². The zero-order valence-electron chi connectivity index (χ0n) is 15.1. The van der Waals surface area contributed by atoms with E-state index in [9.17, 15) is 4.79 Å². The van der Waals surface area contributed by atoms with Crippen LogP contribution in [0.2, 0.25) is 5.02 Å². The minimum Gasteiger partial charge on any atom is -0.378 e. The SMILES string of the molecule is O=C(c1ccc(Cl)cc1)N1CCN(c2ccnc(N3CCOCC3)n2)CC1. The van der Waals surface area contributed by atoms with Crippen molar-refractivity contribution in [3.8, 4) is 0 Å². The van der Waals surface area contributed by atoms with Crippen LogP contribution in [0.5, 0.6) is 0 Å². The third kappa shape index (κ3) is 4.14. The molecule has 0 spiro atoms. The molecule has 2 aromatic rings. The normalized spacial score (nSPS) is 17.9. The van der Waals surface area contributed by atoms with E-state index < -0.39 is 0 Å². The van der Waals surface area contributed by atoms with Gasteiger partial charge in [0.15, 0.2) is 0 Å². The molecule has 0 bridgehead atoms. The lowest BCUT2D eigenvalue weighted by molar-refractivity contribution is 0.0746. The molecule has 2 aliphatic rings. The number of anilines is 2. The van der Waals surface area contributed by atoms with Gasteiger partial charge in [-0.05, 0) is 30.3 Å². The summed E-state index contributed by atoms with van der Waals surface area (Å²) in [6.07, 6.45) is 1.80. The summed E-state index contributed by atoms with van der Waals surface area (Å²) in [6, 6.07) is 8.98. The fourth-order valence-corrected chi connectivity index (χ4v) is 3.47. The summed E-state index contributed by atoms with van der Waals surface area (Å²) in [5.74, 6) is 1.70. The van der Waals surface area contributed by atoms with Crippen LogP contribution in [0.4, 0.5) is 11.8 Å². The lowest BCUT2D eigenvalue weighted by Crippen LogP contribution is -2.49. The molecule has 8 heteroatoms. The molecule has 0 N–H and O–H groups in total. The molecule has 2 fully saturated rings. The summed E-state index contributed by atoms with van der Waals surface area (Å²) < 4.78 is 5.39. The lowest BCUT2D eigenvalue weighted by atomic mass is 10.2. The molecule has 0 aliphatic carbocycles. The summed E-state index contributed by atoms with van der Waals surface area (Å²) >= 11 is 5.90. The number of morpholine rings is 1.